The Bertz CT molecular complexity index is 1450. The number of hydrogen-bond acceptors (Lipinski definition) is 8. The predicted octanol–water partition coefficient (Wildman–Crippen LogP) is 14.4. The van der Waals surface area contributed by atoms with E-state index in [0.29, 0.717) is 17.4 Å². The van der Waals surface area contributed by atoms with E-state index in [1.54, 1.807) is 0 Å². The topological polar surface area (TPSA) is 111 Å². The number of carbonyl (C=O) groups excluding carboxylic acids is 3. The highest BCUT2D eigenvalue weighted by Gasteiger charge is 2.22. The van der Waals surface area contributed by atoms with Gasteiger partial charge in [-0.25, -0.2) is 0 Å². The molecule has 0 aromatic carbocycles. The quantitative estimate of drug-likeness (QED) is 0.0195. The lowest BCUT2D eigenvalue weighted by molar-refractivity contribution is -0.870. The number of unbranched alkanes of at least 4 members (excludes halogenated alkanes) is 18. The molecule has 0 heterocycles. The van der Waals surface area contributed by atoms with Crippen LogP contribution in [0.15, 0.2) is 97.2 Å². The van der Waals surface area contributed by atoms with Crippen LogP contribution in [0.2, 0.25) is 0 Å². The molecule has 0 bridgehead atoms. The summed E-state index contributed by atoms with van der Waals surface area (Å²) in [6.07, 6.45) is 64.4. The predicted molar refractivity (Wildman–Crippen MR) is 287 cm³/mol. The van der Waals surface area contributed by atoms with Crippen LogP contribution in [0.25, 0.3) is 0 Å². The second-order valence-corrected chi connectivity index (χ2v) is 19.1. The Morgan fingerprint density at radius 1 is 0.449 bits per heavy atom. The maximum atomic E-state index is 12.8. The van der Waals surface area contributed by atoms with Gasteiger partial charge in [-0.3, -0.25) is 9.59 Å². The number of ether oxygens (including phenoxy) is 4. The van der Waals surface area contributed by atoms with Crippen LogP contribution in [0.4, 0.5) is 0 Å². The molecule has 0 radical (unpaired) electrons. The van der Waals surface area contributed by atoms with Crippen molar-refractivity contribution >= 4 is 17.9 Å². The zero-order valence-corrected chi connectivity index (χ0v) is 44.6. The minimum Gasteiger partial charge on any atom is -0.545 e. The van der Waals surface area contributed by atoms with E-state index in [-0.39, 0.29) is 38.6 Å². The van der Waals surface area contributed by atoms with Gasteiger partial charge in [-0.2, -0.15) is 0 Å². The second-order valence-electron chi connectivity index (χ2n) is 19.1. The maximum absolute atomic E-state index is 12.8. The highest BCUT2D eigenvalue weighted by atomic mass is 16.7. The van der Waals surface area contributed by atoms with Gasteiger partial charge >= 0.3 is 11.9 Å². The number of carbonyl (C=O) groups is 3. The molecular weight excluding hydrogens is 863 g/mol. The molecule has 0 saturated carbocycles. The fraction of sp³-hybridized carbons (Fsp3) is 0.683. The van der Waals surface area contributed by atoms with Crippen molar-refractivity contribution in [3.05, 3.63) is 97.2 Å². The second kappa shape index (κ2) is 50.6. The molecule has 0 amide bonds. The fourth-order valence-electron chi connectivity index (χ4n) is 7.10. The maximum Gasteiger partial charge on any atom is 0.306 e. The van der Waals surface area contributed by atoms with Crippen molar-refractivity contribution in [3.8, 4) is 0 Å². The van der Waals surface area contributed by atoms with E-state index in [1.807, 2.05) is 21.1 Å². The van der Waals surface area contributed by atoms with Crippen molar-refractivity contribution in [1.82, 2.24) is 0 Å². The first kappa shape index (κ1) is 65.2. The molecule has 69 heavy (non-hydrogen) atoms. The number of carboxylic acid groups (broad SMARTS) is 1. The number of likely N-dealkylation sites (N-methyl/N-ethyl adjacent to an activating group) is 1. The van der Waals surface area contributed by atoms with Gasteiger partial charge in [0.25, 0.3) is 0 Å². The van der Waals surface area contributed by atoms with Crippen LogP contribution < -0.4 is 5.11 Å². The number of esters is 2. The molecule has 0 saturated heterocycles. The minimum absolute atomic E-state index is 0.136. The zero-order chi connectivity index (χ0) is 50.6. The smallest absolute Gasteiger partial charge is 0.306 e. The Labute approximate surface area is 422 Å². The molecular formula is C60H101NO8. The van der Waals surface area contributed by atoms with Gasteiger partial charge in [-0.15, -0.1) is 0 Å². The third-order valence-corrected chi connectivity index (χ3v) is 11.3. The summed E-state index contributed by atoms with van der Waals surface area (Å²) in [6, 6.07) is 0. The van der Waals surface area contributed by atoms with Gasteiger partial charge in [-0.05, 0) is 96.3 Å². The van der Waals surface area contributed by atoms with Gasteiger partial charge in [0.1, 0.15) is 13.2 Å². The van der Waals surface area contributed by atoms with Crippen molar-refractivity contribution in [2.45, 2.75) is 219 Å². The van der Waals surface area contributed by atoms with Gasteiger partial charge in [0.2, 0.25) is 0 Å². The van der Waals surface area contributed by atoms with Gasteiger partial charge in [-0.1, -0.05) is 195 Å². The van der Waals surface area contributed by atoms with E-state index >= 15 is 0 Å². The fourth-order valence-corrected chi connectivity index (χ4v) is 7.10. The summed E-state index contributed by atoms with van der Waals surface area (Å²) < 4.78 is 22.6. The highest BCUT2D eigenvalue weighted by molar-refractivity contribution is 5.70. The Hall–Kier alpha value is -3.79. The van der Waals surface area contributed by atoms with Crippen molar-refractivity contribution in [2.75, 3.05) is 47.5 Å². The van der Waals surface area contributed by atoms with Crippen LogP contribution in [0, 0.1) is 0 Å². The van der Waals surface area contributed by atoms with Crippen molar-refractivity contribution in [3.63, 3.8) is 0 Å². The molecule has 2 atom stereocenters. The van der Waals surface area contributed by atoms with Crippen LogP contribution >= 0.6 is 0 Å². The summed E-state index contributed by atoms with van der Waals surface area (Å²) in [5.41, 5.74) is 0. The summed E-state index contributed by atoms with van der Waals surface area (Å²) in [6.45, 7) is 4.58. The molecule has 0 rings (SSSR count). The Morgan fingerprint density at radius 3 is 1.23 bits per heavy atom. The lowest BCUT2D eigenvalue weighted by Gasteiger charge is -2.26. The SMILES string of the molecule is CC/C=C\C/C=C\C/C=C\C/C=C\C/C=C\C/C=C\CCCCCCC(=O)OC(COC(=O)CCCCCCCCCCC/C=C\C/C=C\CCCCCCC)COC(OCC[N+](C)(C)C)C(=O)[O-]. The van der Waals surface area contributed by atoms with E-state index in [4.69, 9.17) is 18.9 Å². The average Bonchev–Trinajstić information content (AvgIpc) is 3.31. The number of nitrogens with zero attached hydrogens (tertiary/aromatic N) is 1. The molecule has 0 aromatic rings. The molecule has 0 aliphatic carbocycles. The largest absolute Gasteiger partial charge is 0.545 e. The molecule has 0 fully saturated rings. The minimum atomic E-state index is -1.64. The van der Waals surface area contributed by atoms with E-state index < -0.39 is 24.3 Å². The number of quaternary nitrogens is 1. The molecule has 9 nitrogen and oxygen atoms in total. The standard InChI is InChI=1S/C60H101NO8/c1-6-8-10-12-14-16-18-20-22-24-26-28-29-31-33-35-37-39-41-43-45-47-49-51-58(63)69-56(55-68-60(59(64)65)66-53-52-61(3,4)5)54-67-57(62)50-48-46-44-42-40-38-36-34-32-30-27-25-23-21-19-17-15-13-11-9-7-2/h8,10,14,16,19-22,25-28,31,33,37,39,56,60H,6-7,9,11-13,15,17-18,23-24,29-30,32,34-36,38,40-55H2,1-5H3/b10-8-,16-14-,21-19-,22-20-,27-25-,28-26-,33-31-,39-37-. The third-order valence-electron chi connectivity index (χ3n) is 11.3. The molecule has 0 aromatic heterocycles. The normalized spacial score (nSPS) is 13.6. The summed E-state index contributed by atoms with van der Waals surface area (Å²) in [5.74, 6) is -2.33. The molecule has 0 spiro atoms. The highest BCUT2D eigenvalue weighted by Crippen LogP contribution is 2.14. The lowest BCUT2D eigenvalue weighted by atomic mass is 10.1. The molecule has 0 aliphatic rings. The third kappa shape index (κ3) is 51.9. The van der Waals surface area contributed by atoms with E-state index in [2.05, 4.69) is 111 Å². The van der Waals surface area contributed by atoms with Crippen LogP contribution in [0.5, 0.6) is 0 Å². The van der Waals surface area contributed by atoms with Crippen molar-refractivity contribution in [1.29, 1.82) is 0 Å². The molecule has 0 aliphatic heterocycles. The van der Waals surface area contributed by atoms with Gasteiger partial charge in [0.05, 0.1) is 40.3 Å². The monoisotopic (exact) mass is 964 g/mol. The molecule has 394 valence electrons. The van der Waals surface area contributed by atoms with Crippen molar-refractivity contribution in [2.24, 2.45) is 0 Å². The first-order valence-corrected chi connectivity index (χ1v) is 27.4. The molecule has 9 heteroatoms. The van der Waals surface area contributed by atoms with Gasteiger partial charge < -0.3 is 33.3 Å². The van der Waals surface area contributed by atoms with E-state index in [9.17, 15) is 19.5 Å². The van der Waals surface area contributed by atoms with Crippen LogP contribution in [0.3, 0.4) is 0 Å². The first-order chi connectivity index (χ1) is 33.6. The number of carboxylic acids is 1. The Balaban J connectivity index is 4.39. The van der Waals surface area contributed by atoms with Gasteiger partial charge in [0.15, 0.2) is 12.4 Å². The summed E-state index contributed by atoms with van der Waals surface area (Å²) in [5, 5.41) is 11.8. The average molecular weight is 964 g/mol. The van der Waals surface area contributed by atoms with Crippen LogP contribution in [0.1, 0.15) is 206 Å². The van der Waals surface area contributed by atoms with Crippen molar-refractivity contribution < 1.29 is 42.9 Å². The summed E-state index contributed by atoms with van der Waals surface area (Å²) >= 11 is 0. The molecule has 0 N–H and O–H groups in total. The van der Waals surface area contributed by atoms with E-state index in [0.717, 1.165) is 103 Å². The Kier molecular flexibility index (Phi) is 47.8. The van der Waals surface area contributed by atoms with E-state index in [1.165, 1.54) is 70.6 Å². The Morgan fingerprint density at radius 2 is 0.826 bits per heavy atom. The van der Waals surface area contributed by atoms with Gasteiger partial charge in [0, 0.05) is 12.8 Å². The number of hydrogen-bond donors (Lipinski definition) is 0. The first-order valence-electron chi connectivity index (χ1n) is 27.4. The summed E-state index contributed by atoms with van der Waals surface area (Å²) in [4.78, 5) is 37.2. The number of allylic oxidation sites excluding steroid dienone is 16. The van der Waals surface area contributed by atoms with Crippen LogP contribution in [-0.4, -0.2) is 82.3 Å². The zero-order valence-electron chi connectivity index (χ0n) is 44.6. The summed E-state index contributed by atoms with van der Waals surface area (Å²) in [7, 11) is 5.90. The molecule has 2 unspecified atom stereocenters. The number of rotatable bonds is 49. The van der Waals surface area contributed by atoms with Crippen LogP contribution in [-0.2, 0) is 33.3 Å². The lowest BCUT2D eigenvalue weighted by Crippen LogP contribution is -2.44. The number of aliphatic carboxylic acids is 1.